The predicted octanol–water partition coefficient (Wildman–Crippen LogP) is 1.91. The van der Waals surface area contributed by atoms with Gasteiger partial charge in [0.05, 0.1) is 6.33 Å². The second-order valence-corrected chi connectivity index (χ2v) is 4.29. The van der Waals surface area contributed by atoms with Crippen molar-refractivity contribution < 1.29 is 14.7 Å². The van der Waals surface area contributed by atoms with E-state index in [1.165, 1.54) is 6.33 Å². The zero-order chi connectivity index (χ0) is 14.8. The number of carbonyl (C=O) groups is 2. The smallest absolute Gasteiger partial charge is 0.354 e. The van der Waals surface area contributed by atoms with E-state index >= 15 is 0 Å². The number of carbonyl (C=O) groups excluding carboxylic acids is 1. The largest absolute Gasteiger partial charge is 0.477 e. The number of benzene rings is 1. The molecule has 7 heteroatoms. The van der Waals surface area contributed by atoms with Gasteiger partial charge in [-0.05, 0) is 12.1 Å². The van der Waals surface area contributed by atoms with Crippen molar-refractivity contribution >= 4 is 28.3 Å². The summed E-state index contributed by atoms with van der Waals surface area (Å²) in [7, 11) is 0. The number of carboxylic acids is 1. The number of nitrogens with one attached hydrogen (secondary N) is 2. The molecule has 2 aromatic heterocycles. The molecule has 7 nitrogen and oxygen atoms in total. The zero-order valence-electron chi connectivity index (χ0n) is 10.7. The number of pyridine rings is 1. The third-order valence-electron chi connectivity index (χ3n) is 3.00. The molecule has 0 aliphatic rings. The fourth-order valence-electron chi connectivity index (χ4n) is 2.04. The van der Waals surface area contributed by atoms with E-state index in [1.807, 2.05) is 6.07 Å². The average molecular weight is 282 g/mol. The van der Waals surface area contributed by atoms with Gasteiger partial charge >= 0.3 is 5.97 Å². The van der Waals surface area contributed by atoms with Crippen LogP contribution in [-0.2, 0) is 0 Å². The van der Waals surface area contributed by atoms with Gasteiger partial charge in [0.25, 0.3) is 5.91 Å². The summed E-state index contributed by atoms with van der Waals surface area (Å²) >= 11 is 0. The first-order valence-corrected chi connectivity index (χ1v) is 6.07. The summed E-state index contributed by atoms with van der Waals surface area (Å²) in [6, 6.07) is 7.15. The van der Waals surface area contributed by atoms with Crippen molar-refractivity contribution in [3.63, 3.8) is 0 Å². The molecule has 3 N–H and O–H groups in total. The molecule has 104 valence electrons. The Labute approximate surface area is 118 Å². The van der Waals surface area contributed by atoms with Gasteiger partial charge in [-0.2, -0.15) is 0 Å². The summed E-state index contributed by atoms with van der Waals surface area (Å²) in [5, 5.41) is 13.3. The van der Waals surface area contributed by atoms with Crippen LogP contribution in [0, 0.1) is 0 Å². The molecule has 0 aliphatic carbocycles. The molecule has 2 heterocycles. The first-order chi connectivity index (χ1) is 10.2. The second-order valence-electron chi connectivity index (χ2n) is 4.29. The summed E-state index contributed by atoms with van der Waals surface area (Å²) < 4.78 is 0. The van der Waals surface area contributed by atoms with E-state index in [2.05, 4.69) is 20.3 Å². The van der Waals surface area contributed by atoms with E-state index in [4.69, 9.17) is 5.11 Å². The van der Waals surface area contributed by atoms with Gasteiger partial charge < -0.3 is 15.4 Å². The molecule has 0 spiro atoms. The Kier molecular flexibility index (Phi) is 3.07. The molecule has 3 aromatic rings. The highest BCUT2D eigenvalue weighted by molar-refractivity contribution is 6.11. The normalized spacial score (nSPS) is 10.5. The van der Waals surface area contributed by atoms with Crippen LogP contribution in [0.15, 0.2) is 43.0 Å². The van der Waals surface area contributed by atoms with Crippen molar-refractivity contribution in [2.24, 2.45) is 0 Å². The SMILES string of the molecule is O=C(Nc1cccc2cnccc12)c1nc[nH]c1C(=O)O. The molecule has 0 fully saturated rings. The Morgan fingerprint density at radius 3 is 2.90 bits per heavy atom. The number of carboxylic acid groups (broad SMARTS) is 1. The minimum atomic E-state index is -1.24. The number of aromatic nitrogens is 3. The van der Waals surface area contributed by atoms with Crippen molar-refractivity contribution in [2.75, 3.05) is 5.32 Å². The monoisotopic (exact) mass is 282 g/mol. The van der Waals surface area contributed by atoms with Crippen LogP contribution in [0.4, 0.5) is 5.69 Å². The Morgan fingerprint density at radius 2 is 2.10 bits per heavy atom. The van der Waals surface area contributed by atoms with Gasteiger partial charge in [-0.1, -0.05) is 12.1 Å². The lowest BCUT2D eigenvalue weighted by Crippen LogP contribution is -2.16. The van der Waals surface area contributed by atoms with Gasteiger partial charge in [0, 0.05) is 28.9 Å². The highest BCUT2D eigenvalue weighted by Crippen LogP contribution is 2.22. The second kappa shape index (κ2) is 5.04. The van der Waals surface area contributed by atoms with Crippen LogP contribution in [0.3, 0.4) is 0 Å². The Hall–Kier alpha value is -3.22. The molecule has 1 aromatic carbocycles. The molecule has 0 saturated carbocycles. The fourth-order valence-corrected chi connectivity index (χ4v) is 2.04. The molecule has 21 heavy (non-hydrogen) atoms. The van der Waals surface area contributed by atoms with E-state index in [0.717, 1.165) is 10.8 Å². The van der Waals surface area contributed by atoms with Crippen LogP contribution < -0.4 is 5.32 Å². The van der Waals surface area contributed by atoms with Crippen molar-refractivity contribution in [1.29, 1.82) is 0 Å². The van der Waals surface area contributed by atoms with Crippen LogP contribution in [-0.4, -0.2) is 31.9 Å². The number of nitrogens with zero attached hydrogens (tertiary/aromatic N) is 2. The maximum absolute atomic E-state index is 12.2. The van der Waals surface area contributed by atoms with E-state index in [-0.39, 0.29) is 11.4 Å². The van der Waals surface area contributed by atoms with Crippen molar-refractivity contribution in [3.05, 3.63) is 54.4 Å². The summed E-state index contributed by atoms with van der Waals surface area (Å²) in [5.41, 5.74) is 0.169. The third kappa shape index (κ3) is 2.32. The number of amides is 1. The van der Waals surface area contributed by atoms with Crippen LogP contribution >= 0.6 is 0 Å². The van der Waals surface area contributed by atoms with Gasteiger partial charge in [0.1, 0.15) is 0 Å². The van der Waals surface area contributed by atoms with E-state index < -0.39 is 11.9 Å². The summed E-state index contributed by atoms with van der Waals surface area (Å²) in [6.45, 7) is 0. The van der Waals surface area contributed by atoms with Crippen LogP contribution in [0.25, 0.3) is 10.8 Å². The number of imidazole rings is 1. The molecule has 3 rings (SSSR count). The summed E-state index contributed by atoms with van der Waals surface area (Å²) in [5.74, 6) is -1.82. The molecule has 0 radical (unpaired) electrons. The number of H-pyrrole nitrogens is 1. The molecular weight excluding hydrogens is 272 g/mol. The van der Waals surface area contributed by atoms with Crippen LogP contribution in [0.1, 0.15) is 21.0 Å². The lowest BCUT2D eigenvalue weighted by atomic mass is 10.1. The first-order valence-electron chi connectivity index (χ1n) is 6.07. The molecule has 0 bridgehead atoms. The number of fused-ring (bicyclic) bond motifs is 1. The average Bonchev–Trinajstić information content (AvgIpc) is 2.97. The lowest BCUT2D eigenvalue weighted by Gasteiger charge is -2.07. The highest BCUT2D eigenvalue weighted by atomic mass is 16.4. The summed E-state index contributed by atoms with van der Waals surface area (Å²) in [4.78, 5) is 33.4. The standard InChI is InChI=1S/C14H10N4O3/c19-13(11-12(14(20)21)17-7-16-11)18-10-3-1-2-8-6-15-5-4-9(8)10/h1-7H,(H,16,17)(H,18,19)(H,20,21). The number of anilines is 1. The van der Waals surface area contributed by atoms with Crippen molar-refractivity contribution in [2.45, 2.75) is 0 Å². The third-order valence-corrected chi connectivity index (χ3v) is 3.00. The van der Waals surface area contributed by atoms with Crippen molar-refractivity contribution in [3.8, 4) is 0 Å². The number of rotatable bonds is 3. The Bertz CT molecular complexity index is 836. The minimum Gasteiger partial charge on any atom is -0.477 e. The quantitative estimate of drug-likeness (QED) is 0.680. The zero-order valence-corrected chi connectivity index (χ0v) is 10.7. The van der Waals surface area contributed by atoms with E-state index in [1.54, 1.807) is 30.6 Å². The minimum absolute atomic E-state index is 0.159. The van der Waals surface area contributed by atoms with Gasteiger partial charge in [-0.3, -0.25) is 9.78 Å². The Morgan fingerprint density at radius 1 is 1.24 bits per heavy atom. The topological polar surface area (TPSA) is 108 Å². The molecule has 1 amide bonds. The molecule has 0 aliphatic heterocycles. The van der Waals surface area contributed by atoms with Gasteiger partial charge in [0.15, 0.2) is 11.4 Å². The van der Waals surface area contributed by atoms with Crippen molar-refractivity contribution in [1.82, 2.24) is 15.0 Å². The maximum Gasteiger partial charge on any atom is 0.354 e. The molecule has 0 atom stereocenters. The lowest BCUT2D eigenvalue weighted by molar-refractivity contribution is 0.0686. The maximum atomic E-state index is 12.2. The number of aromatic carboxylic acids is 1. The number of hydrogen-bond donors (Lipinski definition) is 3. The molecule has 0 unspecified atom stereocenters. The van der Waals surface area contributed by atoms with Crippen LogP contribution in [0.5, 0.6) is 0 Å². The van der Waals surface area contributed by atoms with Crippen LogP contribution in [0.2, 0.25) is 0 Å². The van der Waals surface area contributed by atoms with Gasteiger partial charge in [0.2, 0.25) is 0 Å². The fraction of sp³-hybridized carbons (Fsp3) is 0. The van der Waals surface area contributed by atoms with Gasteiger partial charge in [-0.15, -0.1) is 0 Å². The predicted molar refractivity (Wildman–Crippen MR) is 75.2 cm³/mol. The molecular formula is C14H10N4O3. The molecule has 0 saturated heterocycles. The Balaban J connectivity index is 1.97. The summed E-state index contributed by atoms with van der Waals surface area (Å²) in [6.07, 6.45) is 4.48. The van der Waals surface area contributed by atoms with E-state index in [9.17, 15) is 9.59 Å². The number of aromatic amines is 1. The highest BCUT2D eigenvalue weighted by Gasteiger charge is 2.20. The number of hydrogen-bond acceptors (Lipinski definition) is 4. The first kappa shape index (κ1) is 12.8. The van der Waals surface area contributed by atoms with Gasteiger partial charge in [-0.25, -0.2) is 9.78 Å². The van der Waals surface area contributed by atoms with E-state index in [0.29, 0.717) is 5.69 Å².